The second-order valence-corrected chi connectivity index (χ2v) is 4.50. The second kappa shape index (κ2) is 5.81. The Morgan fingerprint density at radius 1 is 1.40 bits per heavy atom. The Bertz CT molecular complexity index is 321. The van der Waals surface area contributed by atoms with Gasteiger partial charge in [-0.1, -0.05) is 29.8 Å². The summed E-state index contributed by atoms with van der Waals surface area (Å²) in [5.74, 6) is 0.617. The summed E-state index contributed by atoms with van der Waals surface area (Å²) in [6.45, 7) is 4.06. The van der Waals surface area contributed by atoms with E-state index in [4.69, 9.17) is 0 Å². The van der Waals surface area contributed by atoms with Crippen LogP contribution in [0.4, 0.5) is 0 Å². The summed E-state index contributed by atoms with van der Waals surface area (Å²) in [4.78, 5) is 11.4. The zero-order chi connectivity index (χ0) is 11.3. The molecule has 0 aromatic heterocycles. The lowest BCUT2D eigenvalue weighted by Crippen LogP contribution is -2.28. The van der Waals surface area contributed by atoms with E-state index in [1.165, 1.54) is 17.3 Å². The minimum absolute atomic E-state index is 0.0882. The number of aryl methyl sites for hydroxylation is 1. The Morgan fingerprint density at radius 3 is 2.53 bits per heavy atom. The van der Waals surface area contributed by atoms with Crippen molar-refractivity contribution in [1.82, 2.24) is 5.32 Å². The summed E-state index contributed by atoms with van der Waals surface area (Å²) < 4.78 is 0. The van der Waals surface area contributed by atoms with Gasteiger partial charge in [0.2, 0.25) is 5.91 Å². The highest BCUT2D eigenvalue weighted by molar-refractivity contribution is 7.99. The zero-order valence-corrected chi connectivity index (χ0v) is 10.2. The molecule has 1 amide bonds. The molecule has 15 heavy (non-hydrogen) atoms. The van der Waals surface area contributed by atoms with E-state index in [0.717, 1.165) is 5.56 Å². The molecule has 1 aromatic carbocycles. The van der Waals surface area contributed by atoms with E-state index in [9.17, 15) is 4.79 Å². The van der Waals surface area contributed by atoms with E-state index in [0.29, 0.717) is 5.75 Å². The van der Waals surface area contributed by atoms with Crippen molar-refractivity contribution in [1.29, 1.82) is 0 Å². The number of benzene rings is 1. The Labute approximate surface area is 95.5 Å². The molecule has 3 heteroatoms. The van der Waals surface area contributed by atoms with E-state index in [2.05, 4.69) is 36.5 Å². The predicted octanol–water partition coefficient (Wildman–Crippen LogP) is 2.54. The quantitative estimate of drug-likeness (QED) is 0.850. The number of thioether (sulfide) groups is 1. The van der Waals surface area contributed by atoms with E-state index in [1.807, 2.05) is 13.2 Å². The minimum atomic E-state index is 0.0882. The standard InChI is InChI=1S/C12H17NOS/c1-9-4-6-11(7-5-9)10(2)13-12(14)8-15-3/h4-7,10H,8H2,1-3H3,(H,13,14). The number of nitrogens with one attached hydrogen (secondary N) is 1. The van der Waals surface area contributed by atoms with Crippen molar-refractivity contribution in [2.24, 2.45) is 0 Å². The van der Waals surface area contributed by atoms with Crippen LogP contribution in [0.15, 0.2) is 24.3 Å². The molecule has 0 saturated heterocycles. The van der Waals surface area contributed by atoms with Crippen molar-refractivity contribution in [2.45, 2.75) is 19.9 Å². The Hall–Kier alpha value is -0.960. The van der Waals surface area contributed by atoms with Gasteiger partial charge in [0.15, 0.2) is 0 Å². The van der Waals surface area contributed by atoms with Crippen LogP contribution >= 0.6 is 11.8 Å². The molecule has 1 unspecified atom stereocenters. The molecule has 0 bridgehead atoms. The van der Waals surface area contributed by atoms with Crippen LogP contribution in [-0.4, -0.2) is 17.9 Å². The summed E-state index contributed by atoms with van der Waals surface area (Å²) in [6, 6.07) is 8.32. The van der Waals surface area contributed by atoms with Crippen molar-refractivity contribution >= 4 is 17.7 Å². The monoisotopic (exact) mass is 223 g/mol. The highest BCUT2D eigenvalue weighted by atomic mass is 32.2. The maximum atomic E-state index is 11.4. The van der Waals surface area contributed by atoms with Crippen LogP contribution in [-0.2, 0) is 4.79 Å². The van der Waals surface area contributed by atoms with E-state index < -0.39 is 0 Å². The summed E-state index contributed by atoms with van der Waals surface area (Å²) in [7, 11) is 0. The first-order chi connectivity index (χ1) is 7.13. The van der Waals surface area contributed by atoms with Crippen LogP contribution in [0.2, 0.25) is 0 Å². The molecule has 2 nitrogen and oxygen atoms in total. The fourth-order valence-corrected chi connectivity index (χ4v) is 1.70. The Kier molecular flexibility index (Phi) is 4.69. The summed E-state index contributed by atoms with van der Waals surface area (Å²) >= 11 is 1.54. The molecule has 0 aliphatic carbocycles. The third kappa shape index (κ3) is 3.96. The first-order valence-electron chi connectivity index (χ1n) is 4.98. The van der Waals surface area contributed by atoms with Gasteiger partial charge in [-0.2, -0.15) is 11.8 Å². The van der Waals surface area contributed by atoms with Crippen molar-refractivity contribution in [2.75, 3.05) is 12.0 Å². The average molecular weight is 223 g/mol. The van der Waals surface area contributed by atoms with Gasteiger partial charge >= 0.3 is 0 Å². The van der Waals surface area contributed by atoms with Crippen LogP contribution < -0.4 is 5.32 Å². The zero-order valence-electron chi connectivity index (χ0n) is 9.41. The van der Waals surface area contributed by atoms with Crippen LogP contribution in [0.5, 0.6) is 0 Å². The lowest BCUT2D eigenvalue weighted by Gasteiger charge is -2.14. The molecular formula is C12H17NOS. The van der Waals surface area contributed by atoms with Crippen molar-refractivity contribution in [3.63, 3.8) is 0 Å². The van der Waals surface area contributed by atoms with Gasteiger partial charge in [0.05, 0.1) is 11.8 Å². The minimum Gasteiger partial charge on any atom is -0.349 e. The predicted molar refractivity (Wildman–Crippen MR) is 66.1 cm³/mol. The van der Waals surface area contributed by atoms with Gasteiger partial charge in [0, 0.05) is 0 Å². The Balaban J connectivity index is 2.57. The summed E-state index contributed by atoms with van der Waals surface area (Å²) in [5, 5.41) is 2.96. The number of hydrogen-bond acceptors (Lipinski definition) is 2. The van der Waals surface area contributed by atoms with Gasteiger partial charge in [0.25, 0.3) is 0 Å². The van der Waals surface area contributed by atoms with Crippen LogP contribution in [0.25, 0.3) is 0 Å². The summed E-state index contributed by atoms with van der Waals surface area (Å²) in [5.41, 5.74) is 2.39. The number of rotatable bonds is 4. The molecule has 1 aromatic rings. The molecule has 0 saturated carbocycles. The SMILES string of the molecule is CSCC(=O)NC(C)c1ccc(C)cc1. The van der Waals surface area contributed by atoms with Gasteiger partial charge in [0.1, 0.15) is 0 Å². The van der Waals surface area contributed by atoms with Crippen LogP contribution in [0.1, 0.15) is 24.1 Å². The second-order valence-electron chi connectivity index (χ2n) is 3.63. The molecule has 1 atom stereocenters. The highest BCUT2D eigenvalue weighted by Gasteiger charge is 2.08. The molecule has 0 aliphatic heterocycles. The number of carbonyl (C=O) groups excluding carboxylic acids is 1. The van der Waals surface area contributed by atoms with Gasteiger partial charge in [-0.25, -0.2) is 0 Å². The number of amides is 1. The molecule has 0 spiro atoms. The topological polar surface area (TPSA) is 29.1 Å². The summed E-state index contributed by atoms with van der Waals surface area (Å²) in [6.07, 6.45) is 1.93. The molecule has 0 fully saturated rings. The molecule has 1 N–H and O–H groups in total. The van der Waals surface area contributed by atoms with E-state index in [-0.39, 0.29) is 11.9 Å². The maximum absolute atomic E-state index is 11.4. The lowest BCUT2D eigenvalue weighted by molar-refractivity contribution is -0.119. The Morgan fingerprint density at radius 2 is 2.00 bits per heavy atom. The van der Waals surface area contributed by atoms with Crippen LogP contribution in [0.3, 0.4) is 0 Å². The van der Waals surface area contributed by atoms with Gasteiger partial charge < -0.3 is 5.32 Å². The highest BCUT2D eigenvalue weighted by Crippen LogP contribution is 2.12. The van der Waals surface area contributed by atoms with Crippen LogP contribution in [0, 0.1) is 6.92 Å². The molecule has 1 rings (SSSR count). The first kappa shape index (κ1) is 12.1. The average Bonchev–Trinajstić information content (AvgIpc) is 2.18. The number of carbonyl (C=O) groups is 1. The third-order valence-electron chi connectivity index (χ3n) is 2.23. The molecule has 82 valence electrons. The fourth-order valence-electron chi connectivity index (χ4n) is 1.35. The largest absolute Gasteiger partial charge is 0.349 e. The van der Waals surface area contributed by atoms with Crippen molar-refractivity contribution in [3.8, 4) is 0 Å². The van der Waals surface area contributed by atoms with Gasteiger partial charge in [-0.3, -0.25) is 4.79 Å². The van der Waals surface area contributed by atoms with E-state index >= 15 is 0 Å². The molecule has 0 radical (unpaired) electrons. The van der Waals surface area contributed by atoms with Gasteiger partial charge in [-0.05, 0) is 25.7 Å². The van der Waals surface area contributed by atoms with E-state index in [1.54, 1.807) is 0 Å². The fraction of sp³-hybridized carbons (Fsp3) is 0.417. The van der Waals surface area contributed by atoms with Crippen molar-refractivity contribution in [3.05, 3.63) is 35.4 Å². The molecule has 0 aliphatic rings. The normalized spacial score (nSPS) is 12.2. The lowest BCUT2D eigenvalue weighted by atomic mass is 10.1. The smallest absolute Gasteiger partial charge is 0.230 e. The number of hydrogen-bond donors (Lipinski definition) is 1. The van der Waals surface area contributed by atoms with Gasteiger partial charge in [-0.15, -0.1) is 0 Å². The third-order valence-corrected chi connectivity index (χ3v) is 2.78. The molecular weight excluding hydrogens is 206 g/mol. The van der Waals surface area contributed by atoms with Crippen molar-refractivity contribution < 1.29 is 4.79 Å². The molecule has 0 heterocycles. The first-order valence-corrected chi connectivity index (χ1v) is 6.37. The maximum Gasteiger partial charge on any atom is 0.230 e.